The molecule has 0 saturated heterocycles. The molecule has 3 heteroatoms. The molecule has 0 spiro atoms. The number of hydrogen-bond donors (Lipinski definition) is 1. The number of aromatic nitrogens is 1. The van der Waals surface area contributed by atoms with Crippen molar-refractivity contribution in [3.8, 4) is 0 Å². The van der Waals surface area contributed by atoms with Crippen LogP contribution in [-0.2, 0) is 0 Å². The molecule has 1 N–H and O–H groups in total. The van der Waals surface area contributed by atoms with Gasteiger partial charge in [0.2, 0.25) is 0 Å². The molecule has 18 heavy (non-hydrogen) atoms. The molecule has 1 aromatic heterocycles. The van der Waals surface area contributed by atoms with E-state index >= 15 is 0 Å². The van der Waals surface area contributed by atoms with Crippen LogP contribution in [0.15, 0.2) is 42.6 Å². The Bertz CT molecular complexity index is 525. The lowest BCUT2D eigenvalue weighted by molar-refractivity contribution is 0.612. The number of pyridine rings is 1. The van der Waals surface area contributed by atoms with E-state index in [0.29, 0.717) is 0 Å². The van der Waals surface area contributed by atoms with Gasteiger partial charge in [0.25, 0.3) is 0 Å². The van der Waals surface area contributed by atoms with Crippen LogP contribution in [0.25, 0.3) is 0 Å². The van der Waals surface area contributed by atoms with Crippen molar-refractivity contribution in [2.24, 2.45) is 0 Å². The first-order chi connectivity index (χ1) is 8.72. The molecule has 2 rings (SSSR count). The van der Waals surface area contributed by atoms with Crippen molar-refractivity contribution < 1.29 is 0 Å². The number of hydrogen-bond acceptors (Lipinski definition) is 2. The van der Waals surface area contributed by atoms with Crippen LogP contribution in [0.2, 0.25) is 5.02 Å². The molecule has 1 heterocycles. The molecular weight excluding hydrogens is 244 g/mol. The molecule has 0 aliphatic carbocycles. The number of benzene rings is 1. The number of aryl methyl sites for hydroxylation is 1. The predicted molar refractivity (Wildman–Crippen MR) is 75.9 cm³/mol. The van der Waals surface area contributed by atoms with E-state index < -0.39 is 0 Å². The highest BCUT2D eigenvalue weighted by atomic mass is 35.5. The Hall–Kier alpha value is -1.38. The zero-order valence-electron chi connectivity index (χ0n) is 10.7. The molecule has 0 amide bonds. The van der Waals surface area contributed by atoms with Gasteiger partial charge in [0, 0.05) is 11.2 Å². The number of halogens is 1. The standard InChI is InChI=1S/C15H17ClN2/c1-3-17-15(12-7-4-8-13(16)10-12)14-11(2)6-5-9-18-14/h4-10,15,17H,3H2,1-2H3. The molecule has 0 aliphatic rings. The zero-order chi connectivity index (χ0) is 13.0. The lowest BCUT2D eigenvalue weighted by Crippen LogP contribution is -2.23. The molecule has 0 radical (unpaired) electrons. The van der Waals surface area contributed by atoms with Crippen molar-refractivity contribution in [2.75, 3.05) is 6.54 Å². The Morgan fingerprint density at radius 3 is 2.78 bits per heavy atom. The highest BCUT2D eigenvalue weighted by Gasteiger charge is 2.16. The molecule has 2 aromatic rings. The molecule has 1 atom stereocenters. The lowest BCUT2D eigenvalue weighted by atomic mass is 10.00. The van der Waals surface area contributed by atoms with E-state index in [-0.39, 0.29) is 6.04 Å². The summed E-state index contributed by atoms with van der Waals surface area (Å²) in [7, 11) is 0. The van der Waals surface area contributed by atoms with Gasteiger partial charge < -0.3 is 5.32 Å². The summed E-state index contributed by atoms with van der Waals surface area (Å²) in [5, 5.41) is 4.22. The summed E-state index contributed by atoms with van der Waals surface area (Å²) in [6.45, 7) is 5.06. The summed E-state index contributed by atoms with van der Waals surface area (Å²) in [6, 6.07) is 12.1. The van der Waals surface area contributed by atoms with Crippen LogP contribution >= 0.6 is 11.6 Å². The van der Waals surface area contributed by atoms with Gasteiger partial charge in [0.05, 0.1) is 11.7 Å². The summed E-state index contributed by atoms with van der Waals surface area (Å²) < 4.78 is 0. The average Bonchev–Trinajstić information content (AvgIpc) is 2.37. The van der Waals surface area contributed by atoms with E-state index in [9.17, 15) is 0 Å². The molecule has 0 saturated carbocycles. The van der Waals surface area contributed by atoms with Crippen LogP contribution in [0.1, 0.15) is 29.8 Å². The van der Waals surface area contributed by atoms with Crippen LogP contribution in [0.4, 0.5) is 0 Å². The minimum absolute atomic E-state index is 0.0925. The van der Waals surface area contributed by atoms with E-state index in [4.69, 9.17) is 11.6 Å². The molecule has 0 fully saturated rings. The van der Waals surface area contributed by atoms with Gasteiger partial charge in [-0.15, -0.1) is 0 Å². The van der Waals surface area contributed by atoms with Gasteiger partial charge in [-0.2, -0.15) is 0 Å². The zero-order valence-corrected chi connectivity index (χ0v) is 11.4. The van der Waals surface area contributed by atoms with E-state index in [1.54, 1.807) is 0 Å². The second-order valence-electron chi connectivity index (χ2n) is 4.25. The molecule has 0 aliphatic heterocycles. The fourth-order valence-electron chi connectivity index (χ4n) is 2.06. The van der Waals surface area contributed by atoms with Crippen molar-refractivity contribution in [3.05, 3.63) is 64.4 Å². The van der Waals surface area contributed by atoms with Gasteiger partial charge in [-0.25, -0.2) is 0 Å². The summed E-state index contributed by atoms with van der Waals surface area (Å²) >= 11 is 6.07. The van der Waals surface area contributed by atoms with Crippen LogP contribution in [0.3, 0.4) is 0 Å². The van der Waals surface area contributed by atoms with Gasteiger partial charge in [0.15, 0.2) is 0 Å². The fourth-order valence-corrected chi connectivity index (χ4v) is 2.26. The summed E-state index contributed by atoms with van der Waals surface area (Å²) in [5.41, 5.74) is 3.39. The first kappa shape index (κ1) is 13.1. The van der Waals surface area contributed by atoms with E-state index in [1.165, 1.54) is 5.56 Å². The highest BCUT2D eigenvalue weighted by molar-refractivity contribution is 6.30. The maximum absolute atomic E-state index is 6.07. The monoisotopic (exact) mass is 260 g/mol. The number of rotatable bonds is 4. The summed E-state index contributed by atoms with van der Waals surface area (Å²) in [5.74, 6) is 0. The maximum atomic E-state index is 6.07. The van der Waals surface area contributed by atoms with Crippen molar-refractivity contribution in [1.29, 1.82) is 0 Å². The highest BCUT2D eigenvalue weighted by Crippen LogP contribution is 2.24. The van der Waals surface area contributed by atoms with Crippen molar-refractivity contribution in [3.63, 3.8) is 0 Å². The smallest absolute Gasteiger partial charge is 0.0754 e. The Labute approximate surface area is 113 Å². The molecular formula is C15H17ClN2. The van der Waals surface area contributed by atoms with Gasteiger partial charge in [-0.3, -0.25) is 4.98 Å². The second kappa shape index (κ2) is 5.98. The molecule has 94 valence electrons. The quantitative estimate of drug-likeness (QED) is 0.906. The Morgan fingerprint density at radius 2 is 2.11 bits per heavy atom. The first-order valence-electron chi connectivity index (χ1n) is 6.12. The van der Waals surface area contributed by atoms with Crippen LogP contribution < -0.4 is 5.32 Å². The van der Waals surface area contributed by atoms with Crippen LogP contribution in [-0.4, -0.2) is 11.5 Å². The third kappa shape index (κ3) is 2.89. The van der Waals surface area contributed by atoms with Gasteiger partial charge >= 0.3 is 0 Å². The molecule has 1 unspecified atom stereocenters. The summed E-state index contributed by atoms with van der Waals surface area (Å²) in [6.07, 6.45) is 1.83. The third-order valence-electron chi connectivity index (χ3n) is 2.91. The summed E-state index contributed by atoms with van der Waals surface area (Å²) in [4.78, 5) is 4.50. The Kier molecular flexibility index (Phi) is 4.34. The van der Waals surface area contributed by atoms with Crippen molar-refractivity contribution in [2.45, 2.75) is 19.9 Å². The average molecular weight is 261 g/mol. The topological polar surface area (TPSA) is 24.9 Å². The van der Waals surface area contributed by atoms with Gasteiger partial charge in [0.1, 0.15) is 0 Å². The number of nitrogens with one attached hydrogen (secondary N) is 1. The van der Waals surface area contributed by atoms with E-state index in [0.717, 1.165) is 22.8 Å². The second-order valence-corrected chi connectivity index (χ2v) is 4.69. The van der Waals surface area contributed by atoms with Crippen LogP contribution in [0, 0.1) is 6.92 Å². The maximum Gasteiger partial charge on any atom is 0.0754 e. The predicted octanol–water partition coefficient (Wildman–Crippen LogP) is 3.74. The minimum atomic E-state index is 0.0925. The van der Waals surface area contributed by atoms with Crippen molar-refractivity contribution >= 4 is 11.6 Å². The Balaban J connectivity index is 2.43. The largest absolute Gasteiger partial charge is 0.305 e. The van der Waals surface area contributed by atoms with Gasteiger partial charge in [-0.1, -0.05) is 36.7 Å². The molecule has 1 aromatic carbocycles. The molecule has 0 bridgehead atoms. The lowest BCUT2D eigenvalue weighted by Gasteiger charge is -2.19. The van der Waals surface area contributed by atoms with E-state index in [1.807, 2.05) is 30.5 Å². The van der Waals surface area contributed by atoms with E-state index in [2.05, 4.69) is 36.3 Å². The normalized spacial score (nSPS) is 12.4. The third-order valence-corrected chi connectivity index (χ3v) is 3.15. The SMILES string of the molecule is CCNC(c1cccc(Cl)c1)c1ncccc1C. The van der Waals surface area contributed by atoms with Crippen molar-refractivity contribution in [1.82, 2.24) is 10.3 Å². The van der Waals surface area contributed by atoms with Crippen LogP contribution in [0.5, 0.6) is 0 Å². The first-order valence-corrected chi connectivity index (χ1v) is 6.50. The fraction of sp³-hybridized carbons (Fsp3) is 0.267. The number of nitrogens with zero attached hydrogens (tertiary/aromatic N) is 1. The van der Waals surface area contributed by atoms with Gasteiger partial charge in [-0.05, 0) is 42.8 Å². The molecule has 2 nitrogen and oxygen atoms in total. The minimum Gasteiger partial charge on any atom is -0.305 e. The Morgan fingerprint density at radius 1 is 1.28 bits per heavy atom.